The average Bonchev–Trinajstić information content (AvgIpc) is 2.37. The summed E-state index contributed by atoms with van der Waals surface area (Å²) < 4.78 is 0. The first-order chi connectivity index (χ1) is 8.44. The van der Waals surface area contributed by atoms with Crippen molar-refractivity contribution in [2.24, 2.45) is 0 Å². The molecule has 1 atom stereocenters. The van der Waals surface area contributed by atoms with Crippen molar-refractivity contribution in [3.8, 4) is 0 Å². The summed E-state index contributed by atoms with van der Waals surface area (Å²) in [6.45, 7) is 9.10. The highest BCUT2D eigenvalue weighted by Gasteiger charge is 2.22. The molecule has 1 heterocycles. The zero-order valence-corrected chi connectivity index (χ0v) is 12.4. The molecule has 100 valence electrons. The van der Waals surface area contributed by atoms with E-state index in [9.17, 15) is 0 Å². The van der Waals surface area contributed by atoms with Crippen LogP contribution in [0.2, 0.25) is 0 Å². The minimum Gasteiger partial charge on any atom is -0.382 e. The predicted molar refractivity (Wildman–Crippen MR) is 80.6 cm³/mol. The van der Waals surface area contributed by atoms with Gasteiger partial charge in [0.05, 0.1) is 0 Å². The van der Waals surface area contributed by atoms with Crippen LogP contribution in [0.1, 0.15) is 46.1 Å². The van der Waals surface area contributed by atoms with Gasteiger partial charge in [0.15, 0.2) is 0 Å². The van der Waals surface area contributed by atoms with Crippen molar-refractivity contribution in [2.45, 2.75) is 58.5 Å². The monoisotopic (exact) mass is 246 g/mol. The Morgan fingerprint density at radius 2 is 2.11 bits per heavy atom. The maximum absolute atomic E-state index is 3.56. The first kappa shape index (κ1) is 13.3. The van der Waals surface area contributed by atoms with Crippen LogP contribution in [0.25, 0.3) is 0 Å². The van der Waals surface area contributed by atoms with E-state index in [0.717, 1.165) is 6.42 Å². The van der Waals surface area contributed by atoms with Gasteiger partial charge < -0.3 is 10.2 Å². The Bertz CT molecular complexity index is 423. The Morgan fingerprint density at radius 3 is 2.78 bits per heavy atom. The van der Waals surface area contributed by atoms with Crippen molar-refractivity contribution < 1.29 is 0 Å². The lowest BCUT2D eigenvalue weighted by Crippen LogP contribution is -2.40. The van der Waals surface area contributed by atoms with Crippen LogP contribution in [0.4, 0.5) is 11.4 Å². The molecule has 0 fully saturated rings. The van der Waals surface area contributed by atoms with Gasteiger partial charge in [0.1, 0.15) is 0 Å². The van der Waals surface area contributed by atoms with E-state index in [1.807, 2.05) is 0 Å². The number of nitrogens with zero attached hydrogens (tertiary/aromatic N) is 1. The SMILES string of the molecule is CCC(C)(C)N(C)c1ccc2c(c1)CCC(C)N2. The maximum Gasteiger partial charge on any atom is 0.0376 e. The first-order valence-corrected chi connectivity index (χ1v) is 7.07. The van der Waals surface area contributed by atoms with Crippen LogP contribution < -0.4 is 10.2 Å². The van der Waals surface area contributed by atoms with Gasteiger partial charge in [-0.1, -0.05) is 6.92 Å². The Kier molecular flexibility index (Phi) is 3.56. The molecule has 0 amide bonds. The number of rotatable bonds is 3. The molecule has 0 radical (unpaired) electrons. The van der Waals surface area contributed by atoms with Crippen LogP contribution in [0.5, 0.6) is 0 Å². The van der Waals surface area contributed by atoms with Crippen molar-refractivity contribution in [2.75, 3.05) is 17.3 Å². The highest BCUT2D eigenvalue weighted by molar-refractivity contribution is 5.62. The van der Waals surface area contributed by atoms with E-state index < -0.39 is 0 Å². The van der Waals surface area contributed by atoms with E-state index in [2.05, 4.69) is 63.2 Å². The number of aryl methyl sites for hydroxylation is 1. The van der Waals surface area contributed by atoms with Crippen molar-refractivity contribution in [3.63, 3.8) is 0 Å². The quantitative estimate of drug-likeness (QED) is 0.865. The molecule has 1 aliphatic heterocycles. The molecule has 0 spiro atoms. The minimum absolute atomic E-state index is 0.212. The fourth-order valence-electron chi connectivity index (χ4n) is 2.43. The van der Waals surface area contributed by atoms with Gasteiger partial charge in [-0.2, -0.15) is 0 Å². The van der Waals surface area contributed by atoms with Gasteiger partial charge in [0.25, 0.3) is 0 Å². The van der Waals surface area contributed by atoms with Crippen LogP contribution in [0, 0.1) is 0 Å². The van der Waals surface area contributed by atoms with Crippen LogP contribution in [-0.2, 0) is 6.42 Å². The largest absolute Gasteiger partial charge is 0.382 e. The van der Waals surface area contributed by atoms with Gasteiger partial charge >= 0.3 is 0 Å². The van der Waals surface area contributed by atoms with Crippen LogP contribution in [0.15, 0.2) is 18.2 Å². The average molecular weight is 246 g/mol. The normalized spacial score (nSPS) is 19.1. The molecular formula is C16H26N2. The van der Waals surface area contributed by atoms with Gasteiger partial charge in [-0.05, 0) is 63.8 Å². The molecule has 1 aromatic carbocycles. The summed E-state index contributed by atoms with van der Waals surface area (Å²) in [7, 11) is 2.20. The third kappa shape index (κ3) is 2.47. The van der Waals surface area contributed by atoms with Crippen molar-refractivity contribution in [3.05, 3.63) is 23.8 Å². The Balaban J connectivity index is 2.26. The lowest BCUT2D eigenvalue weighted by molar-refractivity contribution is 0.470. The molecule has 18 heavy (non-hydrogen) atoms. The standard InChI is InChI=1S/C16H26N2/c1-6-16(3,4)18(5)14-9-10-15-13(11-14)8-7-12(2)17-15/h9-12,17H,6-8H2,1-5H3. The lowest BCUT2D eigenvalue weighted by Gasteiger charge is -2.37. The molecule has 1 N–H and O–H groups in total. The summed E-state index contributed by atoms with van der Waals surface area (Å²) >= 11 is 0. The molecular weight excluding hydrogens is 220 g/mol. The molecule has 1 unspecified atom stereocenters. The summed E-state index contributed by atoms with van der Waals surface area (Å²) in [6.07, 6.45) is 3.57. The second-order valence-electron chi connectivity index (χ2n) is 6.15. The first-order valence-electron chi connectivity index (χ1n) is 7.07. The molecule has 0 bridgehead atoms. The number of anilines is 2. The molecule has 0 aromatic heterocycles. The van der Waals surface area contributed by atoms with Gasteiger partial charge in [-0.25, -0.2) is 0 Å². The van der Waals surface area contributed by atoms with Gasteiger partial charge in [-0.3, -0.25) is 0 Å². The predicted octanol–water partition coefficient (Wildman–Crippen LogP) is 4.06. The molecule has 2 rings (SSSR count). The summed E-state index contributed by atoms with van der Waals surface area (Å²) in [6, 6.07) is 7.43. The summed E-state index contributed by atoms with van der Waals surface area (Å²) in [4.78, 5) is 2.39. The van der Waals surface area contributed by atoms with Crippen LogP contribution in [-0.4, -0.2) is 18.6 Å². The number of hydrogen-bond acceptors (Lipinski definition) is 2. The van der Waals surface area contributed by atoms with Crippen LogP contribution >= 0.6 is 0 Å². The Hall–Kier alpha value is -1.18. The molecule has 2 heteroatoms. The van der Waals surface area contributed by atoms with E-state index in [4.69, 9.17) is 0 Å². The molecule has 2 nitrogen and oxygen atoms in total. The number of benzene rings is 1. The smallest absolute Gasteiger partial charge is 0.0376 e. The van der Waals surface area contributed by atoms with Crippen molar-refractivity contribution >= 4 is 11.4 Å². The zero-order chi connectivity index (χ0) is 13.3. The molecule has 0 saturated heterocycles. The third-order valence-electron chi connectivity index (χ3n) is 4.50. The van der Waals surface area contributed by atoms with E-state index in [1.165, 1.54) is 29.8 Å². The summed E-state index contributed by atoms with van der Waals surface area (Å²) in [5, 5.41) is 3.56. The summed E-state index contributed by atoms with van der Waals surface area (Å²) in [5.41, 5.74) is 4.32. The maximum atomic E-state index is 3.56. The van der Waals surface area contributed by atoms with Crippen LogP contribution in [0.3, 0.4) is 0 Å². The molecule has 1 aliphatic rings. The number of nitrogens with one attached hydrogen (secondary N) is 1. The molecule has 0 saturated carbocycles. The van der Waals surface area contributed by atoms with Gasteiger partial charge in [-0.15, -0.1) is 0 Å². The lowest BCUT2D eigenvalue weighted by atomic mass is 9.95. The molecule has 0 aliphatic carbocycles. The number of hydrogen-bond donors (Lipinski definition) is 1. The van der Waals surface area contributed by atoms with Crippen molar-refractivity contribution in [1.29, 1.82) is 0 Å². The summed E-state index contributed by atoms with van der Waals surface area (Å²) in [5.74, 6) is 0. The van der Waals surface area contributed by atoms with Gasteiger partial charge in [0.2, 0.25) is 0 Å². The number of fused-ring (bicyclic) bond motifs is 1. The third-order valence-corrected chi connectivity index (χ3v) is 4.50. The Labute approximate surface area is 111 Å². The van der Waals surface area contributed by atoms with E-state index in [-0.39, 0.29) is 5.54 Å². The fourth-order valence-corrected chi connectivity index (χ4v) is 2.43. The van der Waals surface area contributed by atoms with E-state index in [0.29, 0.717) is 6.04 Å². The topological polar surface area (TPSA) is 15.3 Å². The highest BCUT2D eigenvalue weighted by atomic mass is 15.2. The molecule has 1 aromatic rings. The van der Waals surface area contributed by atoms with E-state index >= 15 is 0 Å². The Morgan fingerprint density at radius 1 is 1.39 bits per heavy atom. The minimum atomic E-state index is 0.212. The van der Waals surface area contributed by atoms with Gasteiger partial charge in [0, 0.05) is 30.0 Å². The second-order valence-corrected chi connectivity index (χ2v) is 6.15. The fraction of sp³-hybridized carbons (Fsp3) is 0.625. The van der Waals surface area contributed by atoms with Crippen molar-refractivity contribution in [1.82, 2.24) is 0 Å². The second kappa shape index (κ2) is 4.83. The highest BCUT2D eigenvalue weighted by Crippen LogP contribution is 2.31. The van der Waals surface area contributed by atoms with E-state index in [1.54, 1.807) is 0 Å². The zero-order valence-electron chi connectivity index (χ0n) is 12.4.